The van der Waals surface area contributed by atoms with Crippen LogP contribution in [0.4, 0.5) is 8.78 Å². The molecule has 0 unspecified atom stereocenters. The topological polar surface area (TPSA) is 63.2 Å². The van der Waals surface area contributed by atoms with Crippen LogP contribution >= 0.6 is 0 Å². The molecule has 102 valence electrons. The average Bonchev–Trinajstić information content (AvgIpc) is 2.35. The molecule has 1 N–H and O–H groups in total. The van der Waals surface area contributed by atoms with Gasteiger partial charge >= 0.3 is 0 Å². The second kappa shape index (κ2) is 5.56. The van der Waals surface area contributed by atoms with E-state index in [4.69, 9.17) is 0 Å². The van der Waals surface area contributed by atoms with Crippen molar-refractivity contribution in [3.8, 4) is 0 Å². The van der Waals surface area contributed by atoms with Crippen molar-refractivity contribution in [2.45, 2.75) is 6.42 Å². The van der Waals surface area contributed by atoms with E-state index in [-0.39, 0.29) is 11.1 Å². The van der Waals surface area contributed by atoms with E-state index < -0.39 is 35.7 Å². The number of benzene rings is 1. The summed E-state index contributed by atoms with van der Waals surface area (Å²) in [5.41, 5.74) is -0.498. The van der Waals surface area contributed by atoms with Crippen LogP contribution in [0.3, 0.4) is 0 Å². The highest BCUT2D eigenvalue weighted by atomic mass is 19.1. The quantitative estimate of drug-likeness (QED) is 0.386. The molecular formula is C14H9F2NO3. The van der Waals surface area contributed by atoms with Gasteiger partial charge in [-0.2, -0.15) is 0 Å². The normalized spacial score (nSPS) is 17.9. The Morgan fingerprint density at radius 2 is 1.75 bits per heavy atom. The van der Waals surface area contributed by atoms with Crippen molar-refractivity contribution in [1.82, 2.24) is 5.32 Å². The predicted octanol–water partition coefficient (Wildman–Crippen LogP) is 1.52. The Labute approximate surface area is 112 Å². The Morgan fingerprint density at radius 3 is 2.35 bits per heavy atom. The van der Waals surface area contributed by atoms with Crippen LogP contribution < -0.4 is 5.32 Å². The van der Waals surface area contributed by atoms with Gasteiger partial charge in [-0.15, -0.1) is 0 Å². The van der Waals surface area contributed by atoms with Crippen molar-refractivity contribution in [2.75, 3.05) is 0 Å². The molecule has 2 amide bonds. The van der Waals surface area contributed by atoms with Crippen LogP contribution in [-0.4, -0.2) is 17.6 Å². The van der Waals surface area contributed by atoms with Gasteiger partial charge in [-0.05, 0) is 24.3 Å². The zero-order valence-electron chi connectivity index (χ0n) is 10.2. The average molecular weight is 277 g/mol. The number of imide groups is 1. The number of carbonyl (C=O) groups is 3. The molecule has 0 bridgehead atoms. The molecule has 20 heavy (non-hydrogen) atoms. The number of halogens is 2. The summed E-state index contributed by atoms with van der Waals surface area (Å²) < 4.78 is 26.6. The van der Waals surface area contributed by atoms with Crippen molar-refractivity contribution in [3.63, 3.8) is 0 Å². The first kappa shape index (κ1) is 13.8. The Kier molecular flexibility index (Phi) is 3.84. The molecule has 2 rings (SSSR count). The first-order valence-corrected chi connectivity index (χ1v) is 5.69. The summed E-state index contributed by atoms with van der Waals surface area (Å²) in [6, 6.07) is 3.41. The van der Waals surface area contributed by atoms with Gasteiger partial charge in [0.1, 0.15) is 11.6 Å². The van der Waals surface area contributed by atoms with Gasteiger partial charge in [0, 0.05) is 5.56 Å². The maximum atomic E-state index is 13.3. The van der Waals surface area contributed by atoms with E-state index in [1.165, 1.54) is 12.1 Å². The van der Waals surface area contributed by atoms with Gasteiger partial charge in [0.2, 0.25) is 5.91 Å². The molecule has 6 heteroatoms. The molecule has 0 aromatic heterocycles. The van der Waals surface area contributed by atoms with Crippen LogP contribution in [-0.2, 0) is 14.4 Å². The molecule has 1 heterocycles. The number of hydrogen-bond acceptors (Lipinski definition) is 3. The van der Waals surface area contributed by atoms with Crippen molar-refractivity contribution < 1.29 is 23.2 Å². The lowest BCUT2D eigenvalue weighted by Crippen LogP contribution is -2.40. The molecule has 0 saturated carbocycles. The molecular weight excluding hydrogens is 268 g/mol. The van der Waals surface area contributed by atoms with Crippen LogP contribution in [0.25, 0.3) is 6.08 Å². The van der Waals surface area contributed by atoms with Gasteiger partial charge in [0.05, 0.1) is 12.0 Å². The lowest BCUT2D eigenvalue weighted by atomic mass is 10.0. The van der Waals surface area contributed by atoms with E-state index in [0.29, 0.717) is 0 Å². The van der Waals surface area contributed by atoms with Crippen molar-refractivity contribution >= 4 is 23.7 Å². The second-order valence-electron chi connectivity index (χ2n) is 4.05. The number of ketones is 1. The predicted molar refractivity (Wildman–Crippen MR) is 66.2 cm³/mol. The number of hydrogen-bond donors (Lipinski definition) is 1. The van der Waals surface area contributed by atoms with Crippen LogP contribution in [0.5, 0.6) is 0 Å². The largest absolute Gasteiger partial charge is 0.293 e. The summed E-state index contributed by atoms with van der Waals surface area (Å²) in [7, 11) is 0. The second-order valence-corrected chi connectivity index (χ2v) is 4.05. The summed E-state index contributed by atoms with van der Waals surface area (Å²) in [5, 5.41) is 1.98. The van der Waals surface area contributed by atoms with E-state index in [1.807, 2.05) is 5.32 Å². The third kappa shape index (κ3) is 2.85. The SMILES string of the molecule is O=C1CC(=O)/C(=C\C=C\c2c(F)cccc2F)C(=O)N1. The van der Waals surface area contributed by atoms with Crippen LogP contribution in [0, 0.1) is 11.6 Å². The van der Waals surface area contributed by atoms with E-state index in [2.05, 4.69) is 0 Å². The molecule has 1 aromatic rings. The standard InChI is InChI=1S/C14H9F2NO3/c15-10-5-2-6-11(16)8(10)3-1-4-9-12(18)7-13(19)17-14(9)20/h1-6H,7H2,(H,17,19,20)/b3-1+,9-4+. The maximum Gasteiger partial charge on any atom is 0.261 e. The fraction of sp³-hybridized carbons (Fsp3) is 0.0714. The third-order valence-corrected chi connectivity index (χ3v) is 2.64. The summed E-state index contributed by atoms with van der Waals surface area (Å²) in [6.07, 6.45) is 2.99. The highest BCUT2D eigenvalue weighted by Gasteiger charge is 2.27. The Balaban J connectivity index is 2.24. The maximum absolute atomic E-state index is 13.3. The van der Waals surface area contributed by atoms with Crippen molar-refractivity contribution in [3.05, 3.63) is 53.1 Å². The third-order valence-electron chi connectivity index (χ3n) is 2.64. The first-order valence-electron chi connectivity index (χ1n) is 5.69. The molecule has 1 aliphatic heterocycles. The van der Waals surface area contributed by atoms with Gasteiger partial charge in [-0.3, -0.25) is 19.7 Å². The summed E-state index contributed by atoms with van der Waals surface area (Å²) in [4.78, 5) is 33.8. The van der Waals surface area contributed by atoms with E-state index in [1.54, 1.807) is 0 Å². The van der Waals surface area contributed by atoms with Gasteiger partial charge in [0.25, 0.3) is 5.91 Å². The molecule has 0 radical (unpaired) electrons. The van der Waals surface area contributed by atoms with Gasteiger partial charge in [0.15, 0.2) is 5.78 Å². The van der Waals surface area contributed by atoms with Crippen LogP contribution in [0.1, 0.15) is 12.0 Å². The smallest absolute Gasteiger partial charge is 0.261 e. The fourth-order valence-electron chi connectivity index (χ4n) is 1.68. The monoisotopic (exact) mass is 277 g/mol. The zero-order chi connectivity index (χ0) is 14.7. The summed E-state index contributed by atoms with van der Waals surface area (Å²) >= 11 is 0. The lowest BCUT2D eigenvalue weighted by Gasteiger charge is -2.11. The number of rotatable bonds is 2. The number of carbonyl (C=O) groups excluding carboxylic acids is 3. The molecule has 1 saturated heterocycles. The first-order chi connectivity index (χ1) is 9.49. The van der Waals surface area contributed by atoms with Gasteiger partial charge in [-0.1, -0.05) is 12.1 Å². The molecule has 0 spiro atoms. The molecule has 1 aromatic carbocycles. The van der Waals surface area contributed by atoms with Gasteiger partial charge < -0.3 is 0 Å². The molecule has 1 aliphatic rings. The highest BCUT2D eigenvalue weighted by molar-refractivity contribution is 6.30. The minimum absolute atomic E-state index is 0.224. The number of allylic oxidation sites excluding steroid dienone is 2. The van der Waals surface area contributed by atoms with E-state index in [9.17, 15) is 23.2 Å². The van der Waals surface area contributed by atoms with E-state index in [0.717, 1.165) is 24.3 Å². The molecule has 1 fully saturated rings. The van der Waals surface area contributed by atoms with Crippen molar-refractivity contribution in [2.24, 2.45) is 0 Å². The molecule has 0 aliphatic carbocycles. The van der Waals surface area contributed by atoms with Crippen LogP contribution in [0.15, 0.2) is 35.9 Å². The lowest BCUT2D eigenvalue weighted by molar-refractivity contribution is -0.134. The summed E-state index contributed by atoms with van der Waals surface area (Å²) in [5.74, 6) is -3.62. The molecule has 0 atom stereocenters. The Bertz CT molecular complexity index is 620. The number of piperidine rings is 1. The zero-order valence-corrected chi connectivity index (χ0v) is 10.2. The molecule has 4 nitrogen and oxygen atoms in total. The highest BCUT2D eigenvalue weighted by Crippen LogP contribution is 2.14. The van der Waals surface area contributed by atoms with Crippen molar-refractivity contribution in [1.29, 1.82) is 0 Å². The summed E-state index contributed by atoms with van der Waals surface area (Å²) in [6.45, 7) is 0. The number of amides is 2. The Morgan fingerprint density at radius 1 is 1.10 bits per heavy atom. The minimum atomic E-state index is -0.815. The van der Waals surface area contributed by atoms with Crippen LogP contribution in [0.2, 0.25) is 0 Å². The fourth-order valence-corrected chi connectivity index (χ4v) is 1.68. The van der Waals surface area contributed by atoms with E-state index >= 15 is 0 Å². The Hall–Kier alpha value is -2.63. The minimum Gasteiger partial charge on any atom is -0.293 e. The number of nitrogens with one attached hydrogen (secondary N) is 1. The van der Waals surface area contributed by atoms with Gasteiger partial charge in [-0.25, -0.2) is 8.78 Å². The number of Topliss-reactive ketones (excluding diaryl/α,β-unsaturated/α-hetero) is 1.